The van der Waals surface area contributed by atoms with Crippen molar-refractivity contribution in [3.05, 3.63) is 46.5 Å². The normalized spacial score (nSPS) is 12.6. The van der Waals surface area contributed by atoms with Crippen molar-refractivity contribution in [2.75, 3.05) is 6.54 Å². The average molecular weight is 307 g/mol. The Hall–Kier alpha value is -1.39. The third-order valence-corrected chi connectivity index (χ3v) is 4.11. The first kappa shape index (κ1) is 16.0. The van der Waals surface area contributed by atoms with Crippen molar-refractivity contribution in [3.63, 3.8) is 0 Å². The third-order valence-electron chi connectivity index (χ3n) is 3.62. The van der Waals surface area contributed by atoms with E-state index in [1.807, 2.05) is 24.0 Å². The molecule has 1 unspecified atom stereocenters. The Balaban J connectivity index is 2.16. The van der Waals surface area contributed by atoms with Gasteiger partial charge in [0, 0.05) is 31.4 Å². The number of rotatable bonds is 7. The molecule has 0 aliphatic carbocycles. The van der Waals surface area contributed by atoms with Gasteiger partial charge >= 0.3 is 0 Å². The summed E-state index contributed by atoms with van der Waals surface area (Å²) >= 11 is 6.42. The van der Waals surface area contributed by atoms with Gasteiger partial charge in [0.25, 0.3) is 0 Å². The van der Waals surface area contributed by atoms with Gasteiger partial charge in [-0.1, -0.05) is 18.5 Å². The molecule has 2 aromatic heterocycles. The Kier molecular flexibility index (Phi) is 5.76. The molecule has 0 saturated carbocycles. The van der Waals surface area contributed by atoms with Gasteiger partial charge in [0.2, 0.25) is 0 Å². The molecule has 0 aliphatic heterocycles. The highest BCUT2D eigenvalue weighted by Gasteiger charge is 2.17. The number of nitrogens with one attached hydrogen (secondary N) is 1. The van der Waals surface area contributed by atoms with Crippen LogP contribution in [0, 0.1) is 6.92 Å². The van der Waals surface area contributed by atoms with Crippen LogP contribution in [0.3, 0.4) is 0 Å². The molecule has 1 N–H and O–H groups in total. The molecule has 0 fully saturated rings. The monoisotopic (exact) mass is 306 g/mol. The van der Waals surface area contributed by atoms with E-state index >= 15 is 0 Å². The molecule has 2 rings (SSSR count). The van der Waals surface area contributed by atoms with Gasteiger partial charge in [-0.15, -0.1) is 0 Å². The van der Waals surface area contributed by atoms with E-state index in [-0.39, 0.29) is 0 Å². The molecule has 21 heavy (non-hydrogen) atoms. The molecule has 0 radical (unpaired) electrons. The molecule has 2 aromatic rings. The molecule has 0 aromatic carbocycles. The molecular weight excluding hydrogens is 284 g/mol. The van der Waals surface area contributed by atoms with Crippen molar-refractivity contribution >= 4 is 11.6 Å². The zero-order chi connectivity index (χ0) is 15.2. The topological polar surface area (TPSA) is 42.7 Å². The number of likely N-dealkylation sites (N-methyl/N-ethyl adjacent to an activating group) is 1. The Morgan fingerprint density at radius 3 is 2.57 bits per heavy atom. The van der Waals surface area contributed by atoms with Crippen molar-refractivity contribution in [3.8, 4) is 0 Å². The van der Waals surface area contributed by atoms with E-state index in [4.69, 9.17) is 11.6 Å². The SMILES string of the molecule is CCNC(Cc1ccncc1)Cc1c(Cl)c(C)nn1CC. The van der Waals surface area contributed by atoms with E-state index in [1.165, 1.54) is 5.56 Å². The molecule has 4 nitrogen and oxygen atoms in total. The van der Waals surface area contributed by atoms with Crippen LogP contribution in [-0.4, -0.2) is 27.4 Å². The Labute approximate surface area is 131 Å². The van der Waals surface area contributed by atoms with Gasteiger partial charge in [-0.05, 0) is 44.5 Å². The second-order valence-corrected chi connectivity index (χ2v) is 5.56. The van der Waals surface area contributed by atoms with Crippen LogP contribution in [0.2, 0.25) is 5.02 Å². The summed E-state index contributed by atoms with van der Waals surface area (Å²) in [5.74, 6) is 0. The number of nitrogens with zero attached hydrogens (tertiary/aromatic N) is 3. The first-order valence-electron chi connectivity index (χ1n) is 7.49. The van der Waals surface area contributed by atoms with Gasteiger partial charge in [0.1, 0.15) is 0 Å². The number of aryl methyl sites for hydroxylation is 2. The number of hydrogen-bond donors (Lipinski definition) is 1. The van der Waals surface area contributed by atoms with Gasteiger partial charge < -0.3 is 5.32 Å². The first-order chi connectivity index (χ1) is 10.2. The van der Waals surface area contributed by atoms with E-state index in [2.05, 4.69) is 41.4 Å². The maximum atomic E-state index is 6.42. The highest BCUT2D eigenvalue weighted by atomic mass is 35.5. The zero-order valence-electron chi connectivity index (χ0n) is 12.9. The molecule has 5 heteroatoms. The summed E-state index contributed by atoms with van der Waals surface area (Å²) in [6, 6.07) is 4.47. The summed E-state index contributed by atoms with van der Waals surface area (Å²) in [6.45, 7) is 7.97. The first-order valence-corrected chi connectivity index (χ1v) is 7.87. The Morgan fingerprint density at radius 2 is 1.95 bits per heavy atom. The van der Waals surface area contributed by atoms with E-state index < -0.39 is 0 Å². The lowest BCUT2D eigenvalue weighted by Gasteiger charge is -2.19. The predicted molar refractivity (Wildman–Crippen MR) is 86.8 cm³/mol. The van der Waals surface area contributed by atoms with Crippen LogP contribution < -0.4 is 5.32 Å². The quantitative estimate of drug-likeness (QED) is 0.855. The summed E-state index contributed by atoms with van der Waals surface area (Å²) in [5.41, 5.74) is 3.32. The summed E-state index contributed by atoms with van der Waals surface area (Å²) in [5, 5.41) is 8.84. The van der Waals surface area contributed by atoms with Crippen molar-refractivity contribution in [1.82, 2.24) is 20.1 Å². The van der Waals surface area contributed by atoms with E-state index in [9.17, 15) is 0 Å². The van der Waals surface area contributed by atoms with Crippen molar-refractivity contribution < 1.29 is 0 Å². The minimum Gasteiger partial charge on any atom is -0.314 e. The predicted octanol–water partition coefficient (Wildman–Crippen LogP) is 3.02. The third kappa shape index (κ3) is 4.05. The summed E-state index contributed by atoms with van der Waals surface area (Å²) < 4.78 is 2.01. The van der Waals surface area contributed by atoms with E-state index in [0.29, 0.717) is 6.04 Å². The minimum atomic E-state index is 0.344. The maximum absolute atomic E-state index is 6.42. The standard InChI is InChI=1S/C16H23ClN4/c1-4-19-14(10-13-6-8-18-9-7-13)11-15-16(17)12(3)20-21(15)5-2/h6-9,14,19H,4-5,10-11H2,1-3H3. The average Bonchev–Trinajstić information content (AvgIpc) is 2.76. The smallest absolute Gasteiger partial charge is 0.0847 e. The molecule has 0 saturated heterocycles. The summed E-state index contributed by atoms with van der Waals surface area (Å²) in [4.78, 5) is 4.07. The maximum Gasteiger partial charge on any atom is 0.0847 e. The van der Waals surface area contributed by atoms with Gasteiger partial charge in [-0.3, -0.25) is 9.67 Å². The van der Waals surface area contributed by atoms with Crippen LogP contribution in [0.1, 0.15) is 30.8 Å². The number of hydrogen-bond acceptors (Lipinski definition) is 3. The van der Waals surface area contributed by atoms with Crippen LogP contribution in [0.25, 0.3) is 0 Å². The van der Waals surface area contributed by atoms with Gasteiger partial charge in [0.05, 0.1) is 16.4 Å². The van der Waals surface area contributed by atoms with Crippen molar-refractivity contribution in [1.29, 1.82) is 0 Å². The fourth-order valence-corrected chi connectivity index (χ4v) is 2.82. The zero-order valence-corrected chi connectivity index (χ0v) is 13.7. The van der Waals surface area contributed by atoms with Crippen molar-refractivity contribution in [2.45, 2.75) is 46.2 Å². The number of aromatic nitrogens is 3. The number of halogens is 1. The van der Waals surface area contributed by atoms with E-state index in [1.54, 1.807) is 0 Å². The van der Waals surface area contributed by atoms with Crippen LogP contribution >= 0.6 is 11.6 Å². The lowest BCUT2D eigenvalue weighted by molar-refractivity contribution is 0.495. The second-order valence-electron chi connectivity index (χ2n) is 5.18. The van der Waals surface area contributed by atoms with Crippen LogP contribution in [0.4, 0.5) is 0 Å². The molecule has 0 aliphatic rings. The van der Waals surface area contributed by atoms with E-state index in [0.717, 1.165) is 42.3 Å². The van der Waals surface area contributed by atoms with Gasteiger partial charge in [-0.25, -0.2) is 0 Å². The fraction of sp³-hybridized carbons (Fsp3) is 0.500. The number of pyridine rings is 1. The molecule has 0 spiro atoms. The van der Waals surface area contributed by atoms with Crippen molar-refractivity contribution in [2.24, 2.45) is 0 Å². The minimum absolute atomic E-state index is 0.344. The Bertz CT molecular complexity index is 565. The molecular formula is C16H23ClN4. The fourth-order valence-electron chi connectivity index (χ4n) is 2.61. The summed E-state index contributed by atoms with van der Waals surface area (Å²) in [7, 11) is 0. The van der Waals surface area contributed by atoms with Crippen LogP contribution in [0.5, 0.6) is 0 Å². The molecule has 2 heterocycles. The van der Waals surface area contributed by atoms with Gasteiger partial charge in [0.15, 0.2) is 0 Å². The lowest BCUT2D eigenvalue weighted by atomic mass is 10.0. The van der Waals surface area contributed by atoms with Crippen LogP contribution in [0.15, 0.2) is 24.5 Å². The molecule has 0 bridgehead atoms. The molecule has 114 valence electrons. The highest BCUT2D eigenvalue weighted by molar-refractivity contribution is 6.31. The summed E-state index contributed by atoms with van der Waals surface area (Å²) in [6.07, 6.45) is 5.52. The highest BCUT2D eigenvalue weighted by Crippen LogP contribution is 2.22. The Morgan fingerprint density at radius 1 is 1.24 bits per heavy atom. The van der Waals surface area contributed by atoms with Crippen LogP contribution in [-0.2, 0) is 19.4 Å². The van der Waals surface area contributed by atoms with Gasteiger partial charge in [-0.2, -0.15) is 5.10 Å². The molecule has 0 amide bonds. The second kappa shape index (κ2) is 7.57. The molecule has 1 atom stereocenters. The lowest BCUT2D eigenvalue weighted by Crippen LogP contribution is -2.34. The largest absolute Gasteiger partial charge is 0.314 e.